The second-order valence-corrected chi connectivity index (χ2v) is 6.72. The number of hydrogen-bond acceptors (Lipinski definition) is 7. The fourth-order valence-corrected chi connectivity index (χ4v) is 2.95. The summed E-state index contributed by atoms with van der Waals surface area (Å²) in [5.74, 6) is -0.259. The molecule has 1 saturated heterocycles. The number of benzene rings is 1. The molecule has 0 aromatic heterocycles. The molecule has 1 heterocycles. The van der Waals surface area contributed by atoms with E-state index in [0.29, 0.717) is 11.8 Å². The third kappa shape index (κ3) is 6.90. The summed E-state index contributed by atoms with van der Waals surface area (Å²) in [7, 11) is 1.25. The van der Waals surface area contributed by atoms with Gasteiger partial charge in [0.05, 0.1) is 24.8 Å². The molecule has 0 saturated carbocycles. The van der Waals surface area contributed by atoms with Crippen LogP contribution >= 0.6 is 11.8 Å². The van der Waals surface area contributed by atoms with Crippen LogP contribution in [0.4, 0.5) is 0 Å². The highest BCUT2D eigenvalue weighted by atomic mass is 32.2. The minimum Gasteiger partial charge on any atom is -0.493 e. The molecule has 1 aliphatic heterocycles. The number of unbranched alkanes of at least 4 members (excludes halogenated alkanes) is 3. The average Bonchev–Trinajstić information content (AvgIpc) is 3.01. The Morgan fingerprint density at radius 3 is 2.85 bits per heavy atom. The molecular formula is C19H23N3O4S. The van der Waals surface area contributed by atoms with Gasteiger partial charge >= 0.3 is 5.97 Å². The van der Waals surface area contributed by atoms with Crippen LogP contribution in [-0.2, 0) is 14.3 Å². The zero-order chi connectivity index (χ0) is 19.5. The van der Waals surface area contributed by atoms with Crippen LogP contribution in [0.25, 0.3) is 0 Å². The Morgan fingerprint density at radius 2 is 2.07 bits per heavy atom. The second kappa shape index (κ2) is 11.2. The smallest absolute Gasteiger partial charge is 0.331 e. The summed E-state index contributed by atoms with van der Waals surface area (Å²) in [5, 5.41) is 10.8. The van der Waals surface area contributed by atoms with Crippen molar-refractivity contribution in [2.24, 2.45) is 10.2 Å². The lowest BCUT2D eigenvalue weighted by molar-refractivity contribution is -0.135. The Hall–Kier alpha value is -2.61. The van der Waals surface area contributed by atoms with Gasteiger partial charge in [0, 0.05) is 11.6 Å². The highest BCUT2D eigenvalue weighted by Gasteiger charge is 2.24. The molecule has 8 heteroatoms. The highest BCUT2D eigenvalue weighted by molar-refractivity contribution is 8.18. The number of nitrogens with one attached hydrogen (secondary N) is 1. The summed E-state index contributed by atoms with van der Waals surface area (Å²) >= 11 is 1.03. The molecule has 0 bridgehead atoms. The van der Waals surface area contributed by atoms with Gasteiger partial charge in [0.1, 0.15) is 5.75 Å². The predicted molar refractivity (Wildman–Crippen MR) is 107 cm³/mol. The van der Waals surface area contributed by atoms with Gasteiger partial charge in [-0.3, -0.25) is 10.1 Å². The normalized spacial score (nSPS) is 16.9. The number of thioether (sulfide) groups is 1. The fraction of sp³-hybridized carbons (Fsp3) is 0.368. The summed E-state index contributed by atoms with van der Waals surface area (Å²) in [6, 6.07) is 7.56. The zero-order valence-electron chi connectivity index (χ0n) is 15.4. The van der Waals surface area contributed by atoms with Gasteiger partial charge in [-0.05, 0) is 30.3 Å². The molecule has 0 aliphatic carbocycles. The number of carbonyl (C=O) groups excluding carboxylic acids is 2. The van der Waals surface area contributed by atoms with Crippen LogP contribution < -0.4 is 10.1 Å². The van der Waals surface area contributed by atoms with Gasteiger partial charge < -0.3 is 9.47 Å². The van der Waals surface area contributed by atoms with Crippen molar-refractivity contribution in [3.8, 4) is 5.75 Å². The van der Waals surface area contributed by atoms with Crippen molar-refractivity contribution in [3.63, 3.8) is 0 Å². The topological polar surface area (TPSA) is 89.4 Å². The van der Waals surface area contributed by atoms with E-state index in [1.807, 2.05) is 24.3 Å². The van der Waals surface area contributed by atoms with Gasteiger partial charge in [-0.2, -0.15) is 5.10 Å². The largest absolute Gasteiger partial charge is 0.493 e. The SMILES string of the molecule is CCCCCCOc1ccccc1C=N/N=C1/NC(=O)/C(=C\C(=O)OC)S1. The third-order valence-electron chi connectivity index (χ3n) is 3.62. The van der Waals surface area contributed by atoms with Crippen molar-refractivity contribution in [3.05, 3.63) is 40.8 Å². The number of hydrogen-bond donors (Lipinski definition) is 1. The predicted octanol–water partition coefficient (Wildman–Crippen LogP) is 3.26. The average molecular weight is 389 g/mol. The summed E-state index contributed by atoms with van der Waals surface area (Å²) in [4.78, 5) is 23.2. The van der Waals surface area contributed by atoms with E-state index in [2.05, 4.69) is 27.2 Å². The minimum absolute atomic E-state index is 0.214. The van der Waals surface area contributed by atoms with E-state index in [9.17, 15) is 9.59 Å². The molecule has 27 heavy (non-hydrogen) atoms. The van der Waals surface area contributed by atoms with E-state index in [0.717, 1.165) is 42.0 Å². The Balaban J connectivity index is 1.96. The molecule has 0 unspecified atom stereocenters. The molecule has 1 aromatic rings. The maximum Gasteiger partial charge on any atom is 0.331 e. The number of rotatable bonds is 9. The number of amidine groups is 1. The lowest BCUT2D eigenvalue weighted by Crippen LogP contribution is -2.19. The van der Waals surface area contributed by atoms with E-state index in [-0.39, 0.29) is 4.91 Å². The molecule has 144 valence electrons. The molecule has 1 fully saturated rings. The van der Waals surface area contributed by atoms with Crippen LogP contribution in [0.3, 0.4) is 0 Å². The molecule has 1 amide bonds. The molecule has 0 radical (unpaired) electrons. The quantitative estimate of drug-likeness (QED) is 0.230. The van der Waals surface area contributed by atoms with Crippen LogP contribution in [0.15, 0.2) is 45.4 Å². The van der Waals surface area contributed by atoms with Crippen LogP contribution in [0, 0.1) is 0 Å². The fourth-order valence-electron chi connectivity index (χ4n) is 2.21. The maximum atomic E-state index is 11.8. The molecule has 2 rings (SSSR count). The monoisotopic (exact) mass is 389 g/mol. The van der Waals surface area contributed by atoms with Crippen LogP contribution in [0.5, 0.6) is 5.75 Å². The number of amides is 1. The second-order valence-electron chi connectivity index (χ2n) is 5.68. The summed E-state index contributed by atoms with van der Waals surface area (Å²) in [6.45, 7) is 2.83. The van der Waals surface area contributed by atoms with Gasteiger partial charge in [-0.15, -0.1) is 5.10 Å². The summed E-state index contributed by atoms with van der Waals surface area (Å²) < 4.78 is 10.3. The van der Waals surface area contributed by atoms with Gasteiger partial charge in [0.15, 0.2) is 5.17 Å². The number of nitrogens with zero attached hydrogens (tertiary/aromatic N) is 2. The van der Waals surface area contributed by atoms with Crippen molar-refractivity contribution in [1.29, 1.82) is 0 Å². The Bertz CT molecular complexity index is 759. The Labute approximate surface area is 162 Å². The van der Waals surface area contributed by atoms with E-state index in [1.165, 1.54) is 20.0 Å². The summed E-state index contributed by atoms with van der Waals surface area (Å²) in [5.41, 5.74) is 0.803. The number of esters is 1. The number of carbonyl (C=O) groups is 2. The van der Waals surface area contributed by atoms with Gasteiger partial charge in [0.2, 0.25) is 0 Å². The van der Waals surface area contributed by atoms with E-state index in [1.54, 1.807) is 6.21 Å². The minimum atomic E-state index is -0.595. The number of para-hydroxylation sites is 1. The van der Waals surface area contributed by atoms with Crippen LogP contribution in [0.1, 0.15) is 38.2 Å². The van der Waals surface area contributed by atoms with E-state index >= 15 is 0 Å². The van der Waals surface area contributed by atoms with Crippen molar-refractivity contribution < 1.29 is 19.1 Å². The van der Waals surface area contributed by atoms with Crippen LogP contribution in [0.2, 0.25) is 0 Å². The molecule has 1 N–H and O–H groups in total. The van der Waals surface area contributed by atoms with Crippen molar-refractivity contribution >= 4 is 35.0 Å². The number of ether oxygens (including phenoxy) is 2. The van der Waals surface area contributed by atoms with E-state index in [4.69, 9.17) is 4.74 Å². The molecule has 1 aliphatic rings. The molecule has 1 aromatic carbocycles. The number of methoxy groups -OCH3 is 1. The van der Waals surface area contributed by atoms with Crippen molar-refractivity contribution in [2.75, 3.05) is 13.7 Å². The zero-order valence-corrected chi connectivity index (χ0v) is 16.3. The van der Waals surface area contributed by atoms with E-state index < -0.39 is 11.9 Å². The van der Waals surface area contributed by atoms with Gasteiger partial charge in [0.25, 0.3) is 5.91 Å². The molecule has 0 atom stereocenters. The Morgan fingerprint density at radius 1 is 1.26 bits per heavy atom. The first-order valence-electron chi connectivity index (χ1n) is 8.75. The van der Waals surface area contributed by atoms with Crippen molar-refractivity contribution in [2.45, 2.75) is 32.6 Å². The van der Waals surface area contributed by atoms with Gasteiger partial charge in [-0.1, -0.05) is 38.3 Å². The van der Waals surface area contributed by atoms with Gasteiger partial charge in [-0.25, -0.2) is 4.79 Å². The molecule has 7 nitrogen and oxygen atoms in total. The third-order valence-corrected chi connectivity index (χ3v) is 4.52. The first-order chi connectivity index (χ1) is 13.1. The summed E-state index contributed by atoms with van der Waals surface area (Å²) in [6.07, 6.45) is 7.25. The maximum absolute atomic E-state index is 11.8. The Kier molecular flexibility index (Phi) is 8.57. The first kappa shape index (κ1) is 20.7. The molecule has 0 spiro atoms. The standard InChI is InChI=1S/C19H23N3O4S/c1-3-4-5-8-11-26-15-10-7-6-9-14(15)13-20-22-19-21-18(24)16(27-19)12-17(23)25-2/h6-7,9-10,12-13H,3-5,8,11H2,1-2H3,(H,21,22,24)/b16-12+,20-13?. The first-order valence-corrected chi connectivity index (χ1v) is 9.57. The lowest BCUT2D eigenvalue weighted by Gasteiger charge is -2.08. The lowest BCUT2D eigenvalue weighted by atomic mass is 10.2. The molecular weight excluding hydrogens is 366 g/mol. The van der Waals surface area contributed by atoms with Crippen LogP contribution in [-0.4, -0.2) is 37.0 Å². The van der Waals surface area contributed by atoms with Crippen molar-refractivity contribution in [1.82, 2.24) is 5.32 Å². The highest BCUT2D eigenvalue weighted by Crippen LogP contribution is 2.23.